The predicted octanol–water partition coefficient (Wildman–Crippen LogP) is 2.62. The maximum absolute atomic E-state index is 12.7. The summed E-state index contributed by atoms with van der Waals surface area (Å²) in [5.74, 6) is 1.64. The number of hydrogen-bond donors (Lipinski definition) is 1. The van der Waals surface area contributed by atoms with Crippen molar-refractivity contribution in [3.8, 4) is 23.8 Å². The second kappa shape index (κ2) is 8.54. The molecule has 148 valence electrons. The molecule has 3 rings (SSSR count). The molecule has 8 nitrogen and oxygen atoms in total. The molecule has 0 spiro atoms. The van der Waals surface area contributed by atoms with Crippen molar-refractivity contribution < 1.29 is 28.3 Å². The first-order valence-corrected chi connectivity index (χ1v) is 8.67. The van der Waals surface area contributed by atoms with Crippen LogP contribution in [0.1, 0.15) is 11.3 Å². The van der Waals surface area contributed by atoms with E-state index in [1.807, 2.05) is 0 Å². The lowest BCUT2D eigenvalue weighted by atomic mass is 10.1. The van der Waals surface area contributed by atoms with Crippen LogP contribution in [0.15, 0.2) is 40.5 Å². The van der Waals surface area contributed by atoms with Gasteiger partial charge in [0.15, 0.2) is 11.5 Å². The molecule has 1 fully saturated rings. The molecule has 0 unspecified atom stereocenters. The molecule has 0 saturated carbocycles. The van der Waals surface area contributed by atoms with Crippen molar-refractivity contribution in [3.63, 3.8) is 0 Å². The number of benzene rings is 1. The third kappa shape index (κ3) is 4.25. The summed E-state index contributed by atoms with van der Waals surface area (Å²) in [4.78, 5) is 37.9. The molecule has 9 heteroatoms. The molecule has 1 aliphatic rings. The summed E-state index contributed by atoms with van der Waals surface area (Å²) < 4.78 is 15.8. The molecule has 1 aromatic heterocycles. The Kier molecular flexibility index (Phi) is 5.90. The fourth-order valence-electron chi connectivity index (χ4n) is 2.64. The van der Waals surface area contributed by atoms with E-state index >= 15 is 0 Å². The normalized spacial score (nSPS) is 15.3. The van der Waals surface area contributed by atoms with Gasteiger partial charge in [0.25, 0.3) is 11.8 Å². The monoisotopic (exact) mass is 414 g/mol. The van der Waals surface area contributed by atoms with E-state index in [-0.39, 0.29) is 35.2 Å². The number of carbonyl (C=O) groups excluding carboxylic acids is 3. The quantitative estimate of drug-likeness (QED) is 0.443. The van der Waals surface area contributed by atoms with Crippen molar-refractivity contribution in [1.82, 2.24) is 10.2 Å². The first-order chi connectivity index (χ1) is 13.9. The SMILES string of the molecule is C#CCOc1c(Cl)cc(/C=C2\C(=O)NC(=O)N(Cc3ccco3)C2=O)cc1OC. The van der Waals surface area contributed by atoms with E-state index in [2.05, 4.69) is 11.2 Å². The molecule has 0 radical (unpaired) electrons. The molecule has 0 bridgehead atoms. The smallest absolute Gasteiger partial charge is 0.331 e. The Bertz CT molecular complexity index is 1040. The van der Waals surface area contributed by atoms with Gasteiger partial charge in [0, 0.05) is 0 Å². The fourth-order valence-corrected chi connectivity index (χ4v) is 2.91. The largest absolute Gasteiger partial charge is 0.493 e. The van der Waals surface area contributed by atoms with E-state index in [0.717, 1.165) is 4.90 Å². The lowest BCUT2D eigenvalue weighted by Crippen LogP contribution is -2.53. The number of methoxy groups -OCH3 is 1. The zero-order valence-electron chi connectivity index (χ0n) is 15.2. The molecule has 1 saturated heterocycles. The summed E-state index contributed by atoms with van der Waals surface area (Å²) in [6, 6.07) is 5.42. The standard InChI is InChI=1S/C20H15ClN2O6/c1-3-6-29-17-15(21)9-12(10-16(17)27-2)8-14-18(24)22-20(26)23(19(14)25)11-13-5-4-7-28-13/h1,4-5,7-10H,6,11H2,2H3,(H,22,24,26)/b14-8+. The molecule has 4 amide bonds. The van der Waals surface area contributed by atoms with Crippen LogP contribution in [0.3, 0.4) is 0 Å². The number of amides is 4. The molecule has 0 aliphatic carbocycles. The molecule has 1 N–H and O–H groups in total. The van der Waals surface area contributed by atoms with Crippen LogP contribution < -0.4 is 14.8 Å². The van der Waals surface area contributed by atoms with Gasteiger partial charge in [-0.2, -0.15) is 0 Å². The number of hydrogen-bond acceptors (Lipinski definition) is 6. The number of terminal acetylenes is 1. The number of carbonyl (C=O) groups is 3. The van der Waals surface area contributed by atoms with E-state index in [1.165, 1.54) is 31.6 Å². The molecule has 0 atom stereocenters. The second-order valence-electron chi connectivity index (χ2n) is 5.81. The van der Waals surface area contributed by atoms with Crippen LogP contribution >= 0.6 is 11.6 Å². The van der Waals surface area contributed by atoms with Crippen molar-refractivity contribution in [2.24, 2.45) is 0 Å². The number of ether oxygens (including phenoxy) is 2. The third-order valence-electron chi connectivity index (χ3n) is 3.94. The first kappa shape index (κ1) is 20.0. The molecule has 2 heterocycles. The minimum Gasteiger partial charge on any atom is -0.493 e. The number of furan rings is 1. The predicted molar refractivity (Wildman–Crippen MR) is 103 cm³/mol. The van der Waals surface area contributed by atoms with Crippen LogP contribution in [0.25, 0.3) is 6.08 Å². The van der Waals surface area contributed by atoms with Gasteiger partial charge in [0.05, 0.1) is 24.9 Å². The maximum atomic E-state index is 12.7. The van der Waals surface area contributed by atoms with E-state index in [4.69, 9.17) is 31.9 Å². The number of rotatable bonds is 6. The van der Waals surface area contributed by atoms with Crippen molar-refractivity contribution in [2.45, 2.75) is 6.54 Å². The third-order valence-corrected chi connectivity index (χ3v) is 4.22. The zero-order chi connectivity index (χ0) is 21.0. The van der Waals surface area contributed by atoms with Crippen LogP contribution in [-0.4, -0.2) is 36.5 Å². The van der Waals surface area contributed by atoms with Crippen molar-refractivity contribution in [2.75, 3.05) is 13.7 Å². The fraction of sp³-hybridized carbons (Fsp3) is 0.150. The van der Waals surface area contributed by atoms with Gasteiger partial charge in [0.1, 0.15) is 17.9 Å². The molecule has 1 aliphatic heterocycles. The van der Waals surface area contributed by atoms with Gasteiger partial charge in [-0.05, 0) is 35.9 Å². The number of barbiturate groups is 1. The Labute approximate surface area is 171 Å². The highest BCUT2D eigenvalue weighted by atomic mass is 35.5. The summed E-state index contributed by atoms with van der Waals surface area (Å²) in [7, 11) is 1.41. The summed E-state index contributed by atoms with van der Waals surface area (Å²) in [5.41, 5.74) is 0.150. The number of nitrogens with one attached hydrogen (secondary N) is 1. The van der Waals surface area contributed by atoms with Crippen molar-refractivity contribution >= 4 is 35.5 Å². The number of urea groups is 1. The van der Waals surface area contributed by atoms with E-state index in [9.17, 15) is 14.4 Å². The minimum atomic E-state index is -0.831. The zero-order valence-corrected chi connectivity index (χ0v) is 16.0. The van der Waals surface area contributed by atoms with Crippen molar-refractivity contribution in [3.05, 3.63) is 52.4 Å². The van der Waals surface area contributed by atoms with Crippen LogP contribution in [-0.2, 0) is 16.1 Å². The molecular weight excluding hydrogens is 400 g/mol. The molecule has 2 aromatic rings. The van der Waals surface area contributed by atoms with Crippen LogP contribution in [0.4, 0.5) is 4.79 Å². The van der Waals surface area contributed by atoms with Gasteiger partial charge in [-0.1, -0.05) is 17.5 Å². The van der Waals surface area contributed by atoms with E-state index < -0.39 is 17.8 Å². The number of nitrogens with zero attached hydrogens (tertiary/aromatic N) is 1. The summed E-state index contributed by atoms with van der Waals surface area (Å²) in [6.07, 6.45) is 7.91. The first-order valence-electron chi connectivity index (χ1n) is 8.29. The highest BCUT2D eigenvalue weighted by Crippen LogP contribution is 2.37. The number of halogens is 1. The highest BCUT2D eigenvalue weighted by Gasteiger charge is 2.36. The summed E-state index contributed by atoms with van der Waals surface area (Å²) in [6.45, 7) is -0.132. The minimum absolute atomic E-state index is 0.0126. The van der Waals surface area contributed by atoms with Crippen molar-refractivity contribution in [1.29, 1.82) is 0 Å². The Morgan fingerprint density at radius 3 is 2.79 bits per heavy atom. The lowest BCUT2D eigenvalue weighted by molar-refractivity contribution is -0.130. The Balaban J connectivity index is 1.94. The highest BCUT2D eigenvalue weighted by molar-refractivity contribution is 6.33. The molecule has 29 heavy (non-hydrogen) atoms. The lowest BCUT2D eigenvalue weighted by Gasteiger charge is -2.25. The van der Waals surface area contributed by atoms with Gasteiger partial charge < -0.3 is 13.9 Å². The Morgan fingerprint density at radius 1 is 1.34 bits per heavy atom. The maximum Gasteiger partial charge on any atom is 0.331 e. The average molecular weight is 415 g/mol. The van der Waals surface area contributed by atoms with Crippen LogP contribution in [0.2, 0.25) is 5.02 Å². The molecular formula is C20H15ClN2O6. The topological polar surface area (TPSA) is 98.1 Å². The van der Waals surface area contributed by atoms with Gasteiger partial charge in [0.2, 0.25) is 0 Å². The van der Waals surface area contributed by atoms with Gasteiger partial charge in [-0.3, -0.25) is 19.8 Å². The Morgan fingerprint density at radius 2 is 2.14 bits per heavy atom. The number of imide groups is 2. The van der Waals surface area contributed by atoms with Gasteiger partial charge in [-0.25, -0.2) is 4.79 Å². The average Bonchev–Trinajstić information content (AvgIpc) is 3.20. The van der Waals surface area contributed by atoms with Crippen LogP contribution in [0.5, 0.6) is 11.5 Å². The van der Waals surface area contributed by atoms with Gasteiger partial charge in [-0.15, -0.1) is 6.42 Å². The summed E-state index contributed by atoms with van der Waals surface area (Å²) in [5, 5.41) is 2.31. The second-order valence-corrected chi connectivity index (χ2v) is 6.22. The summed E-state index contributed by atoms with van der Waals surface area (Å²) >= 11 is 6.22. The van der Waals surface area contributed by atoms with E-state index in [1.54, 1.807) is 12.1 Å². The molecule has 1 aromatic carbocycles. The van der Waals surface area contributed by atoms with Crippen LogP contribution in [0, 0.1) is 12.3 Å². The Hall–Kier alpha value is -3.70. The van der Waals surface area contributed by atoms with E-state index in [0.29, 0.717) is 11.3 Å². The van der Waals surface area contributed by atoms with Gasteiger partial charge >= 0.3 is 6.03 Å².